The van der Waals surface area contributed by atoms with E-state index >= 15 is 0 Å². The van der Waals surface area contributed by atoms with Crippen molar-refractivity contribution in [3.63, 3.8) is 0 Å². The van der Waals surface area contributed by atoms with Crippen molar-refractivity contribution >= 4 is 0 Å². The van der Waals surface area contributed by atoms with Crippen LogP contribution >= 0.6 is 0 Å². The molecule has 1 aliphatic rings. The highest BCUT2D eigenvalue weighted by Gasteiger charge is 2.29. The zero-order valence-corrected chi connectivity index (χ0v) is 10.9. The van der Waals surface area contributed by atoms with Crippen LogP contribution in [0, 0.1) is 11.8 Å². The topological polar surface area (TPSA) is 29.3 Å². The SMILES string of the molecule is CCCC(C)(N)CN1CCC(C(C)C)C1. The monoisotopic (exact) mass is 212 g/mol. The molecule has 15 heavy (non-hydrogen) atoms. The number of hydrogen-bond donors (Lipinski definition) is 1. The molecule has 0 aromatic rings. The quantitative estimate of drug-likeness (QED) is 0.758. The molecule has 1 fully saturated rings. The smallest absolute Gasteiger partial charge is 0.0254 e. The summed E-state index contributed by atoms with van der Waals surface area (Å²) in [6, 6.07) is 0. The predicted molar refractivity (Wildman–Crippen MR) is 66.9 cm³/mol. The van der Waals surface area contributed by atoms with Crippen LogP contribution in [-0.2, 0) is 0 Å². The molecule has 2 atom stereocenters. The largest absolute Gasteiger partial charge is 0.324 e. The van der Waals surface area contributed by atoms with Gasteiger partial charge in [0.2, 0.25) is 0 Å². The lowest BCUT2D eigenvalue weighted by atomic mass is 9.95. The predicted octanol–water partition coefficient (Wildman–Crippen LogP) is 2.48. The molecule has 0 amide bonds. The molecule has 0 radical (unpaired) electrons. The van der Waals surface area contributed by atoms with Gasteiger partial charge in [0.1, 0.15) is 0 Å². The van der Waals surface area contributed by atoms with Crippen molar-refractivity contribution in [3.05, 3.63) is 0 Å². The van der Waals surface area contributed by atoms with E-state index in [2.05, 4.69) is 32.6 Å². The first-order chi connectivity index (χ1) is 6.94. The maximum atomic E-state index is 6.29. The van der Waals surface area contributed by atoms with E-state index in [-0.39, 0.29) is 5.54 Å². The van der Waals surface area contributed by atoms with Gasteiger partial charge >= 0.3 is 0 Å². The maximum Gasteiger partial charge on any atom is 0.0254 e. The van der Waals surface area contributed by atoms with E-state index in [4.69, 9.17) is 5.73 Å². The zero-order valence-electron chi connectivity index (χ0n) is 10.9. The molecule has 2 unspecified atom stereocenters. The molecule has 0 aromatic carbocycles. The van der Waals surface area contributed by atoms with E-state index in [0.717, 1.165) is 24.8 Å². The Bertz CT molecular complexity index is 187. The van der Waals surface area contributed by atoms with Crippen LogP contribution in [0.4, 0.5) is 0 Å². The van der Waals surface area contributed by atoms with Gasteiger partial charge in [-0.25, -0.2) is 0 Å². The van der Waals surface area contributed by atoms with E-state index in [1.54, 1.807) is 0 Å². The van der Waals surface area contributed by atoms with Crippen LogP contribution in [-0.4, -0.2) is 30.1 Å². The molecule has 0 bridgehead atoms. The second-order valence-corrected chi connectivity index (χ2v) is 5.93. The molecule has 2 nitrogen and oxygen atoms in total. The summed E-state index contributed by atoms with van der Waals surface area (Å²) in [6.07, 6.45) is 3.68. The van der Waals surface area contributed by atoms with Crippen molar-refractivity contribution < 1.29 is 0 Å². The summed E-state index contributed by atoms with van der Waals surface area (Å²) in [5, 5.41) is 0. The van der Waals surface area contributed by atoms with E-state index in [0.29, 0.717) is 0 Å². The third-order valence-electron chi connectivity index (χ3n) is 3.66. The van der Waals surface area contributed by atoms with Gasteiger partial charge in [-0.3, -0.25) is 0 Å². The van der Waals surface area contributed by atoms with Crippen molar-refractivity contribution in [1.29, 1.82) is 0 Å². The number of nitrogens with zero attached hydrogens (tertiary/aromatic N) is 1. The Hall–Kier alpha value is -0.0800. The normalized spacial score (nSPS) is 27.2. The Morgan fingerprint density at radius 3 is 2.60 bits per heavy atom. The molecule has 2 heteroatoms. The van der Waals surface area contributed by atoms with Gasteiger partial charge in [-0.05, 0) is 38.1 Å². The molecule has 2 N–H and O–H groups in total. The molecule has 0 spiro atoms. The minimum absolute atomic E-state index is 0.0145. The van der Waals surface area contributed by atoms with Crippen LogP contribution in [0.3, 0.4) is 0 Å². The van der Waals surface area contributed by atoms with Crippen LogP contribution < -0.4 is 5.73 Å². The third kappa shape index (κ3) is 4.12. The van der Waals surface area contributed by atoms with Gasteiger partial charge in [0.15, 0.2) is 0 Å². The van der Waals surface area contributed by atoms with Crippen LogP contribution in [0.15, 0.2) is 0 Å². The van der Waals surface area contributed by atoms with E-state index in [1.807, 2.05) is 0 Å². The number of hydrogen-bond acceptors (Lipinski definition) is 2. The summed E-state index contributed by atoms with van der Waals surface area (Å²) >= 11 is 0. The van der Waals surface area contributed by atoms with Gasteiger partial charge in [0.25, 0.3) is 0 Å². The second kappa shape index (κ2) is 5.31. The lowest BCUT2D eigenvalue weighted by Gasteiger charge is -2.30. The average Bonchev–Trinajstić information content (AvgIpc) is 2.51. The summed E-state index contributed by atoms with van der Waals surface area (Å²) in [6.45, 7) is 12.7. The van der Waals surface area contributed by atoms with Gasteiger partial charge in [-0.1, -0.05) is 27.2 Å². The summed E-state index contributed by atoms with van der Waals surface area (Å²) in [4.78, 5) is 2.56. The van der Waals surface area contributed by atoms with Crippen LogP contribution in [0.2, 0.25) is 0 Å². The van der Waals surface area contributed by atoms with E-state index < -0.39 is 0 Å². The van der Waals surface area contributed by atoms with E-state index in [1.165, 1.54) is 25.9 Å². The molecule has 0 saturated carbocycles. The average molecular weight is 212 g/mol. The Balaban J connectivity index is 2.35. The number of nitrogens with two attached hydrogens (primary N) is 1. The summed E-state index contributed by atoms with van der Waals surface area (Å²) in [5.74, 6) is 1.72. The molecule has 0 aromatic heterocycles. The summed E-state index contributed by atoms with van der Waals surface area (Å²) in [5.41, 5.74) is 6.30. The Morgan fingerprint density at radius 2 is 2.13 bits per heavy atom. The highest BCUT2D eigenvalue weighted by molar-refractivity contribution is 4.86. The molecule has 1 rings (SSSR count). The van der Waals surface area contributed by atoms with Gasteiger partial charge in [0, 0.05) is 18.6 Å². The Labute approximate surface area is 95.2 Å². The minimum Gasteiger partial charge on any atom is -0.324 e. The van der Waals surface area contributed by atoms with Gasteiger partial charge in [0.05, 0.1) is 0 Å². The number of rotatable bonds is 5. The highest BCUT2D eigenvalue weighted by Crippen LogP contribution is 2.25. The fourth-order valence-corrected chi connectivity index (χ4v) is 2.71. The first-order valence-corrected chi connectivity index (χ1v) is 6.46. The minimum atomic E-state index is 0.0145. The van der Waals surface area contributed by atoms with Crippen molar-refractivity contribution in [2.45, 2.75) is 52.5 Å². The van der Waals surface area contributed by atoms with Crippen molar-refractivity contribution in [1.82, 2.24) is 4.90 Å². The Morgan fingerprint density at radius 1 is 1.47 bits per heavy atom. The molecular weight excluding hydrogens is 184 g/mol. The van der Waals surface area contributed by atoms with Crippen LogP contribution in [0.5, 0.6) is 0 Å². The lowest BCUT2D eigenvalue weighted by molar-refractivity contribution is 0.233. The fraction of sp³-hybridized carbons (Fsp3) is 1.00. The standard InChI is InChI=1S/C13H28N2/c1-5-7-13(4,14)10-15-8-6-12(9-15)11(2)3/h11-12H,5-10,14H2,1-4H3. The third-order valence-corrected chi connectivity index (χ3v) is 3.66. The first-order valence-electron chi connectivity index (χ1n) is 6.46. The van der Waals surface area contributed by atoms with Crippen molar-refractivity contribution in [2.75, 3.05) is 19.6 Å². The molecule has 1 saturated heterocycles. The highest BCUT2D eigenvalue weighted by atomic mass is 15.2. The van der Waals surface area contributed by atoms with Gasteiger partial charge < -0.3 is 10.6 Å². The fourth-order valence-electron chi connectivity index (χ4n) is 2.71. The van der Waals surface area contributed by atoms with Gasteiger partial charge in [-0.2, -0.15) is 0 Å². The van der Waals surface area contributed by atoms with Crippen molar-refractivity contribution in [3.8, 4) is 0 Å². The van der Waals surface area contributed by atoms with Crippen molar-refractivity contribution in [2.24, 2.45) is 17.6 Å². The maximum absolute atomic E-state index is 6.29. The first kappa shape index (κ1) is 13.0. The number of likely N-dealkylation sites (tertiary alicyclic amines) is 1. The molecule has 1 aliphatic heterocycles. The molecule has 90 valence electrons. The summed E-state index contributed by atoms with van der Waals surface area (Å²) in [7, 11) is 0. The molecule has 1 heterocycles. The van der Waals surface area contributed by atoms with Crippen LogP contribution in [0.25, 0.3) is 0 Å². The molecular formula is C13H28N2. The molecule has 0 aliphatic carbocycles. The van der Waals surface area contributed by atoms with Crippen LogP contribution in [0.1, 0.15) is 47.0 Å². The second-order valence-electron chi connectivity index (χ2n) is 5.93. The summed E-state index contributed by atoms with van der Waals surface area (Å²) < 4.78 is 0. The lowest BCUT2D eigenvalue weighted by Crippen LogP contribution is -2.47. The zero-order chi connectivity index (χ0) is 11.5. The van der Waals surface area contributed by atoms with Gasteiger partial charge in [-0.15, -0.1) is 0 Å². The Kier molecular flexibility index (Phi) is 4.60. The van der Waals surface area contributed by atoms with E-state index in [9.17, 15) is 0 Å².